The molecule has 2 heterocycles. The van der Waals surface area contributed by atoms with Crippen LogP contribution in [0.1, 0.15) is 15.9 Å². The van der Waals surface area contributed by atoms with Crippen molar-refractivity contribution in [2.45, 2.75) is 6.42 Å². The van der Waals surface area contributed by atoms with Crippen LogP contribution in [0.5, 0.6) is 5.75 Å². The Labute approximate surface area is 111 Å². The zero-order valence-electron chi connectivity index (χ0n) is 10.4. The predicted octanol–water partition coefficient (Wildman–Crippen LogP) is 2.31. The maximum Gasteiger partial charge on any atom is 0.171 e. The van der Waals surface area contributed by atoms with Crippen LogP contribution in [0.2, 0.25) is 0 Å². The molecule has 2 aromatic rings. The van der Waals surface area contributed by atoms with Crippen molar-refractivity contribution in [1.82, 2.24) is 4.98 Å². The van der Waals surface area contributed by atoms with Crippen LogP contribution >= 0.6 is 0 Å². The Bertz CT molecular complexity index is 596. The molecule has 0 spiro atoms. The lowest BCUT2D eigenvalue weighted by Gasteiger charge is -2.21. The number of ether oxygens (including phenoxy) is 1. The second-order valence-corrected chi connectivity index (χ2v) is 4.42. The number of nitrogens with zero attached hydrogens (tertiary/aromatic N) is 1. The highest BCUT2D eigenvalue weighted by Gasteiger charge is 2.18. The molecule has 0 amide bonds. The van der Waals surface area contributed by atoms with Crippen LogP contribution in [0.3, 0.4) is 0 Å². The van der Waals surface area contributed by atoms with E-state index in [9.17, 15) is 4.79 Å². The second kappa shape index (κ2) is 5.10. The van der Waals surface area contributed by atoms with Crippen LogP contribution in [-0.2, 0) is 6.42 Å². The van der Waals surface area contributed by atoms with Crippen LogP contribution in [0.25, 0.3) is 0 Å². The van der Waals surface area contributed by atoms with E-state index in [1.807, 2.05) is 30.3 Å². The monoisotopic (exact) mass is 254 g/mol. The van der Waals surface area contributed by atoms with Gasteiger partial charge in [0.25, 0.3) is 0 Å². The summed E-state index contributed by atoms with van der Waals surface area (Å²) in [7, 11) is 0. The van der Waals surface area contributed by atoms with Gasteiger partial charge in [-0.1, -0.05) is 12.1 Å². The summed E-state index contributed by atoms with van der Waals surface area (Å²) in [5.74, 6) is 0.719. The maximum atomic E-state index is 12.4. The number of fused-ring (bicyclic) bond motifs is 1. The number of rotatable bonds is 3. The molecule has 0 bridgehead atoms. The van der Waals surface area contributed by atoms with E-state index in [-0.39, 0.29) is 5.78 Å². The molecule has 0 saturated carbocycles. The van der Waals surface area contributed by atoms with Gasteiger partial charge in [0.1, 0.15) is 6.61 Å². The number of aromatic nitrogens is 1. The summed E-state index contributed by atoms with van der Waals surface area (Å²) in [6.07, 6.45) is 3.76. The number of Topliss-reactive ketones (excluding diaryl/α,β-unsaturated/α-hetero) is 1. The van der Waals surface area contributed by atoms with Gasteiger partial charge in [-0.15, -0.1) is 0 Å². The van der Waals surface area contributed by atoms with E-state index in [2.05, 4.69) is 10.3 Å². The minimum Gasteiger partial charge on any atom is -0.489 e. The normalized spacial score (nSPS) is 13.1. The summed E-state index contributed by atoms with van der Waals surface area (Å²) in [4.78, 5) is 16.4. The summed E-state index contributed by atoms with van der Waals surface area (Å²) in [6, 6.07) is 9.34. The first-order valence-corrected chi connectivity index (χ1v) is 6.26. The molecule has 4 heteroatoms. The lowest BCUT2D eigenvalue weighted by atomic mass is 10.0. The quantitative estimate of drug-likeness (QED) is 0.854. The topological polar surface area (TPSA) is 51.2 Å². The number of ketones is 1. The van der Waals surface area contributed by atoms with Crippen LogP contribution in [0, 0.1) is 0 Å². The Kier molecular flexibility index (Phi) is 3.14. The van der Waals surface area contributed by atoms with Gasteiger partial charge < -0.3 is 10.1 Å². The molecular formula is C15H14N2O2. The predicted molar refractivity (Wildman–Crippen MR) is 72.7 cm³/mol. The molecule has 3 rings (SSSR count). The number of carbonyl (C=O) groups is 1. The second-order valence-electron chi connectivity index (χ2n) is 4.42. The fraction of sp³-hybridized carbons (Fsp3) is 0.200. The molecular weight excluding hydrogens is 240 g/mol. The molecule has 19 heavy (non-hydrogen) atoms. The fourth-order valence-electron chi connectivity index (χ4n) is 2.17. The van der Waals surface area contributed by atoms with Crippen molar-refractivity contribution in [3.63, 3.8) is 0 Å². The number of hydrogen-bond acceptors (Lipinski definition) is 4. The molecule has 0 fully saturated rings. The Hall–Kier alpha value is -2.36. The van der Waals surface area contributed by atoms with Gasteiger partial charge in [0.15, 0.2) is 11.5 Å². The van der Waals surface area contributed by atoms with Gasteiger partial charge in [-0.05, 0) is 23.8 Å². The average Bonchev–Trinajstić information content (AvgIpc) is 2.47. The molecule has 1 aromatic carbocycles. The van der Waals surface area contributed by atoms with Crippen molar-refractivity contribution >= 4 is 11.5 Å². The summed E-state index contributed by atoms with van der Waals surface area (Å²) in [6.45, 7) is 1.36. The molecule has 0 aliphatic carbocycles. The number of pyridine rings is 1. The van der Waals surface area contributed by atoms with Crippen molar-refractivity contribution in [3.05, 3.63) is 53.9 Å². The fourth-order valence-corrected chi connectivity index (χ4v) is 2.17. The Morgan fingerprint density at radius 1 is 1.32 bits per heavy atom. The van der Waals surface area contributed by atoms with E-state index in [0.29, 0.717) is 24.3 Å². The number of benzene rings is 1. The van der Waals surface area contributed by atoms with E-state index in [0.717, 1.165) is 17.8 Å². The SMILES string of the molecule is O=C(Cc1cccnc1)c1cccc2c1OCCN2. The van der Waals surface area contributed by atoms with Gasteiger partial charge >= 0.3 is 0 Å². The van der Waals surface area contributed by atoms with Crippen LogP contribution < -0.4 is 10.1 Å². The molecule has 0 saturated heterocycles. The number of carbonyl (C=O) groups excluding carboxylic acids is 1. The van der Waals surface area contributed by atoms with E-state index >= 15 is 0 Å². The first-order chi connectivity index (χ1) is 9.34. The molecule has 96 valence electrons. The van der Waals surface area contributed by atoms with Crippen molar-refractivity contribution in [3.8, 4) is 5.75 Å². The van der Waals surface area contributed by atoms with Gasteiger partial charge in [0.2, 0.25) is 0 Å². The molecule has 1 N–H and O–H groups in total. The molecule has 0 unspecified atom stereocenters. The minimum absolute atomic E-state index is 0.0496. The Morgan fingerprint density at radius 3 is 3.11 bits per heavy atom. The highest BCUT2D eigenvalue weighted by Crippen LogP contribution is 2.31. The molecule has 0 atom stereocenters. The highest BCUT2D eigenvalue weighted by molar-refractivity contribution is 6.01. The van der Waals surface area contributed by atoms with E-state index in [4.69, 9.17) is 4.74 Å². The number of para-hydroxylation sites is 1. The summed E-state index contributed by atoms with van der Waals surface area (Å²) in [5, 5.41) is 3.23. The summed E-state index contributed by atoms with van der Waals surface area (Å²) < 4.78 is 5.61. The average molecular weight is 254 g/mol. The van der Waals surface area contributed by atoms with Gasteiger partial charge in [0, 0.05) is 25.4 Å². The van der Waals surface area contributed by atoms with Gasteiger partial charge in [-0.3, -0.25) is 9.78 Å². The van der Waals surface area contributed by atoms with E-state index in [1.165, 1.54) is 0 Å². The molecule has 4 nitrogen and oxygen atoms in total. The number of nitrogens with one attached hydrogen (secondary N) is 1. The smallest absolute Gasteiger partial charge is 0.171 e. The Balaban J connectivity index is 1.88. The number of hydrogen-bond donors (Lipinski definition) is 1. The third-order valence-electron chi connectivity index (χ3n) is 3.07. The minimum atomic E-state index is 0.0496. The molecule has 1 aliphatic rings. The van der Waals surface area contributed by atoms with Crippen molar-refractivity contribution in [1.29, 1.82) is 0 Å². The zero-order valence-corrected chi connectivity index (χ0v) is 10.4. The number of anilines is 1. The largest absolute Gasteiger partial charge is 0.489 e. The van der Waals surface area contributed by atoms with Gasteiger partial charge in [-0.25, -0.2) is 0 Å². The standard InChI is InChI=1S/C15H14N2O2/c18-14(9-11-3-2-6-16-10-11)12-4-1-5-13-15(12)19-8-7-17-13/h1-6,10,17H,7-9H2. The zero-order chi connectivity index (χ0) is 13.1. The third-order valence-corrected chi connectivity index (χ3v) is 3.07. The first kappa shape index (κ1) is 11.7. The lowest BCUT2D eigenvalue weighted by molar-refractivity contribution is 0.0989. The molecule has 1 aromatic heterocycles. The van der Waals surface area contributed by atoms with Gasteiger partial charge in [0.05, 0.1) is 11.3 Å². The lowest BCUT2D eigenvalue weighted by Crippen LogP contribution is -2.20. The van der Waals surface area contributed by atoms with E-state index in [1.54, 1.807) is 12.4 Å². The Morgan fingerprint density at radius 2 is 2.26 bits per heavy atom. The molecule has 0 radical (unpaired) electrons. The van der Waals surface area contributed by atoms with E-state index < -0.39 is 0 Å². The maximum absolute atomic E-state index is 12.4. The summed E-state index contributed by atoms with van der Waals surface area (Å²) >= 11 is 0. The van der Waals surface area contributed by atoms with Crippen molar-refractivity contribution < 1.29 is 9.53 Å². The highest BCUT2D eigenvalue weighted by atomic mass is 16.5. The third kappa shape index (κ3) is 2.42. The van der Waals surface area contributed by atoms with Crippen LogP contribution in [0.15, 0.2) is 42.7 Å². The van der Waals surface area contributed by atoms with Crippen molar-refractivity contribution in [2.75, 3.05) is 18.5 Å². The van der Waals surface area contributed by atoms with Crippen molar-refractivity contribution in [2.24, 2.45) is 0 Å². The summed E-state index contributed by atoms with van der Waals surface area (Å²) in [5.41, 5.74) is 2.44. The molecule has 1 aliphatic heterocycles. The van der Waals surface area contributed by atoms with Gasteiger partial charge in [-0.2, -0.15) is 0 Å². The first-order valence-electron chi connectivity index (χ1n) is 6.26. The van der Waals surface area contributed by atoms with Crippen LogP contribution in [0.4, 0.5) is 5.69 Å². The van der Waals surface area contributed by atoms with Crippen LogP contribution in [-0.4, -0.2) is 23.9 Å².